The summed E-state index contributed by atoms with van der Waals surface area (Å²) in [5, 5.41) is 0. The SMILES string of the molecule is CC(C)CCCCCOC(=O)C=CC(=O)OCCCCCC(C)C. The van der Waals surface area contributed by atoms with E-state index in [-0.39, 0.29) is 0 Å². The fraction of sp³-hybridized carbons (Fsp3) is 0.800. The van der Waals surface area contributed by atoms with Crippen LogP contribution in [0.3, 0.4) is 0 Å². The number of carbonyl (C=O) groups excluding carboxylic acids is 2. The van der Waals surface area contributed by atoms with Gasteiger partial charge in [0.25, 0.3) is 0 Å². The standard InChI is InChI=1S/C20H36O4/c1-17(2)11-7-5-9-15-23-19(21)13-14-20(22)24-16-10-6-8-12-18(3)4/h13-14,17-18H,5-12,15-16H2,1-4H3. The molecule has 0 amide bonds. The molecule has 4 heteroatoms. The molecule has 0 fully saturated rings. The van der Waals surface area contributed by atoms with E-state index in [1.807, 2.05) is 0 Å². The molecular formula is C20H36O4. The minimum Gasteiger partial charge on any atom is -0.463 e. The van der Waals surface area contributed by atoms with Crippen LogP contribution in [0.1, 0.15) is 79.1 Å². The number of hydrogen-bond acceptors (Lipinski definition) is 4. The third-order valence-corrected chi connectivity index (χ3v) is 3.70. The number of ether oxygens (including phenoxy) is 2. The Labute approximate surface area is 148 Å². The van der Waals surface area contributed by atoms with Gasteiger partial charge in [0.1, 0.15) is 0 Å². The summed E-state index contributed by atoms with van der Waals surface area (Å²) in [4.78, 5) is 22.9. The first kappa shape index (κ1) is 22.7. The fourth-order valence-electron chi connectivity index (χ4n) is 2.24. The molecule has 0 radical (unpaired) electrons. The average Bonchev–Trinajstić information content (AvgIpc) is 2.51. The smallest absolute Gasteiger partial charge is 0.331 e. The van der Waals surface area contributed by atoms with E-state index in [1.165, 1.54) is 12.8 Å². The van der Waals surface area contributed by atoms with E-state index in [4.69, 9.17) is 9.47 Å². The van der Waals surface area contributed by atoms with Gasteiger partial charge in [-0.05, 0) is 24.7 Å². The summed E-state index contributed by atoms with van der Waals surface area (Å²) in [5.41, 5.74) is 0. The zero-order chi connectivity index (χ0) is 18.2. The van der Waals surface area contributed by atoms with Gasteiger partial charge >= 0.3 is 11.9 Å². The van der Waals surface area contributed by atoms with Crippen molar-refractivity contribution < 1.29 is 19.1 Å². The second-order valence-electron chi connectivity index (χ2n) is 7.15. The minimum atomic E-state index is -0.479. The van der Waals surface area contributed by atoms with Crippen molar-refractivity contribution in [3.8, 4) is 0 Å². The Kier molecular flexibility index (Phi) is 14.4. The van der Waals surface area contributed by atoms with Crippen LogP contribution in [0.5, 0.6) is 0 Å². The van der Waals surface area contributed by atoms with Crippen molar-refractivity contribution >= 4 is 11.9 Å². The summed E-state index contributed by atoms with van der Waals surface area (Å²) in [6, 6.07) is 0. The maximum Gasteiger partial charge on any atom is 0.331 e. The number of hydrogen-bond donors (Lipinski definition) is 0. The lowest BCUT2D eigenvalue weighted by molar-refractivity contribution is -0.140. The molecule has 0 atom stereocenters. The van der Waals surface area contributed by atoms with Gasteiger partial charge in [0.2, 0.25) is 0 Å². The van der Waals surface area contributed by atoms with Crippen LogP contribution in [0.15, 0.2) is 12.2 Å². The third kappa shape index (κ3) is 17.0. The van der Waals surface area contributed by atoms with Gasteiger partial charge in [-0.3, -0.25) is 0 Å². The Morgan fingerprint density at radius 3 is 1.38 bits per heavy atom. The minimum absolute atomic E-state index is 0.409. The monoisotopic (exact) mass is 340 g/mol. The molecule has 0 bridgehead atoms. The van der Waals surface area contributed by atoms with E-state index >= 15 is 0 Å². The molecule has 0 saturated heterocycles. The van der Waals surface area contributed by atoms with Crippen molar-refractivity contribution in [3.63, 3.8) is 0 Å². The van der Waals surface area contributed by atoms with Crippen LogP contribution in [0, 0.1) is 11.8 Å². The normalized spacial score (nSPS) is 11.4. The van der Waals surface area contributed by atoms with Crippen LogP contribution in [-0.4, -0.2) is 25.2 Å². The molecule has 0 N–H and O–H groups in total. The second-order valence-corrected chi connectivity index (χ2v) is 7.15. The predicted octanol–water partition coefficient (Wildman–Crippen LogP) is 5.06. The lowest BCUT2D eigenvalue weighted by Crippen LogP contribution is -2.06. The molecule has 0 aromatic rings. The zero-order valence-electron chi connectivity index (χ0n) is 16.0. The maximum atomic E-state index is 11.5. The first-order valence-electron chi connectivity index (χ1n) is 9.43. The van der Waals surface area contributed by atoms with Crippen LogP contribution >= 0.6 is 0 Å². The molecule has 0 aliphatic heterocycles. The molecule has 0 spiro atoms. The first-order chi connectivity index (χ1) is 11.4. The summed E-state index contributed by atoms with van der Waals surface area (Å²) in [6.07, 6.45) is 10.9. The van der Waals surface area contributed by atoms with Gasteiger partial charge in [-0.25, -0.2) is 9.59 Å². The maximum absolute atomic E-state index is 11.5. The molecule has 24 heavy (non-hydrogen) atoms. The molecule has 0 aliphatic rings. The van der Waals surface area contributed by atoms with Crippen LogP contribution in [-0.2, 0) is 19.1 Å². The highest BCUT2D eigenvalue weighted by Gasteiger charge is 2.02. The molecule has 0 aromatic heterocycles. The Balaban J connectivity index is 3.54. The molecule has 0 rings (SSSR count). The molecular weight excluding hydrogens is 304 g/mol. The molecule has 0 aliphatic carbocycles. The third-order valence-electron chi connectivity index (χ3n) is 3.70. The van der Waals surface area contributed by atoms with E-state index in [9.17, 15) is 9.59 Å². The van der Waals surface area contributed by atoms with Gasteiger partial charge in [-0.1, -0.05) is 66.2 Å². The van der Waals surface area contributed by atoms with Crippen molar-refractivity contribution in [2.45, 2.75) is 79.1 Å². The van der Waals surface area contributed by atoms with Crippen LogP contribution in [0.25, 0.3) is 0 Å². The van der Waals surface area contributed by atoms with Crippen LogP contribution < -0.4 is 0 Å². The quantitative estimate of drug-likeness (QED) is 0.252. The number of esters is 2. The van der Waals surface area contributed by atoms with Crippen molar-refractivity contribution in [1.29, 1.82) is 0 Å². The topological polar surface area (TPSA) is 52.6 Å². The number of unbranched alkanes of at least 4 members (excludes halogenated alkanes) is 4. The predicted molar refractivity (Wildman–Crippen MR) is 97.7 cm³/mol. The van der Waals surface area contributed by atoms with Crippen LogP contribution in [0.4, 0.5) is 0 Å². The number of rotatable bonds is 14. The highest BCUT2D eigenvalue weighted by Crippen LogP contribution is 2.08. The molecule has 140 valence electrons. The molecule has 0 aromatic carbocycles. The van der Waals surface area contributed by atoms with Crippen molar-refractivity contribution in [1.82, 2.24) is 0 Å². The fourth-order valence-corrected chi connectivity index (χ4v) is 2.24. The Hall–Kier alpha value is -1.32. The zero-order valence-corrected chi connectivity index (χ0v) is 16.0. The van der Waals surface area contributed by atoms with E-state index in [0.717, 1.165) is 62.5 Å². The molecule has 0 unspecified atom stereocenters. The summed E-state index contributed by atoms with van der Waals surface area (Å²) < 4.78 is 10.1. The van der Waals surface area contributed by atoms with Crippen LogP contribution in [0.2, 0.25) is 0 Å². The number of carbonyl (C=O) groups is 2. The summed E-state index contributed by atoms with van der Waals surface area (Å²) in [5.74, 6) is 0.480. The van der Waals surface area contributed by atoms with E-state index in [0.29, 0.717) is 13.2 Å². The first-order valence-corrected chi connectivity index (χ1v) is 9.43. The lowest BCUT2D eigenvalue weighted by Gasteiger charge is -2.05. The van der Waals surface area contributed by atoms with Gasteiger partial charge in [0, 0.05) is 12.2 Å². The lowest BCUT2D eigenvalue weighted by atomic mass is 10.1. The van der Waals surface area contributed by atoms with Gasteiger partial charge < -0.3 is 9.47 Å². The molecule has 0 heterocycles. The Morgan fingerprint density at radius 2 is 1.04 bits per heavy atom. The van der Waals surface area contributed by atoms with Gasteiger partial charge in [0.05, 0.1) is 13.2 Å². The highest BCUT2D eigenvalue weighted by atomic mass is 16.5. The van der Waals surface area contributed by atoms with Crippen molar-refractivity contribution in [2.24, 2.45) is 11.8 Å². The second kappa shape index (κ2) is 15.2. The Bertz CT molecular complexity index is 325. The molecule has 4 nitrogen and oxygen atoms in total. The molecule has 0 saturated carbocycles. The van der Waals surface area contributed by atoms with Gasteiger partial charge in [0.15, 0.2) is 0 Å². The summed E-state index contributed by atoms with van der Waals surface area (Å²) in [7, 11) is 0. The van der Waals surface area contributed by atoms with E-state index < -0.39 is 11.9 Å². The van der Waals surface area contributed by atoms with Crippen molar-refractivity contribution in [2.75, 3.05) is 13.2 Å². The van der Waals surface area contributed by atoms with Gasteiger partial charge in [-0.2, -0.15) is 0 Å². The van der Waals surface area contributed by atoms with E-state index in [1.54, 1.807) is 0 Å². The van der Waals surface area contributed by atoms with Crippen molar-refractivity contribution in [3.05, 3.63) is 12.2 Å². The van der Waals surface area contributed by atoms with Gasteiger partial charge in [-0.15, -0.1) is 0 Å². The highest BCUT2D eigenvalue weighted by molar-refractivity contribution is 5.91. The summed E-state index contributed by atoms with van der Waals surface area (Å²) >= 11 is 0. The Morgan fingerprint density at radius 1 is 0.667 bits per heavy atom. The largest absolute Gasteiger partial charge is 0.463 e. The average molecular weight is 341 g/mol. The summed E-state index contributed by atoms with van der Waals surface area (Å²) in [6.45, 7) is 9.63. The van der Waals surface area contributed by atoms with E-state index in [2.05, 4.69) is 27.7 Å².